The molecule has 0 aliphatic carbocycles. The highest BCUT2D eigenvalue weighted by atomic mass is 32.2. The third-order valence-corrected chi connectivity index (χ3v) is 7.65. The summed E-state index contributed by atoms with van der Waals surface area (Å²) < 4.78 is 47.6. The monoisotopic (exact) mass is 461 g/mol. The molecule has 2 saturated heterocycles. The standard InChI is InChI=1S/C22H24FN3O5S/c1-31-19-10-9-16(26-21(27)7-4-8-22(26)28)15-20(19)32(29,30)25-13-11-24(12-14-25)18-6-3-2-5-17(18)23/h2-3,5-6,9-10,15H,4,7-8,11-14H2,1H3. The van der Waals surface area contributed by atoms with Crippen LogP contribution in [0, 0.1) is 5.82 Å². The second kappa shape index (κ2) is 8.87. The molecule has 0 radical (unpaired) electrons. The molecule has 0 aromatic heterocycles. The maximum absolute atomic E-state index is 14.1. The third kappa shape index (κ3) is 4.07. The van der Waals surface area contributed by atoms with Crippen LogP contribution >= 0.6 is 0 Å². The van der Waals surface area contributed by atoms with Crippen molar-refractivity contribution < 1.29 is 27.1 Å². The number of hydrogen-bond donors (Lipinski definition) is 0. The van der Waals surface area contributed by atoms with Crippen molar-refractivity contribution in [1.29, 1.82) is 0 Å². The van der Waals surface area contributed by atoms with E-state index >= 15 is 0 Å². The Labute approximate surface area is 186 Å². The molecule has 0 spiro atoms. The van der Waals surface area contributed by atoms with Crippen molar-refractivity contribution in [2.45, 2.75) is 24.2 Å². The number of piperidine rings is 1. The minimum absolute atomic E-state index is 0.108. The Morgan fingerprint density at radius 1 is 0.938 bits per heavy atom. The fourth-order valence-electron chi connectivity index (χ4n) is 4.06. The Kier molecular flexibility index (Phi) is 6.16. The van der Waals surface area contributed by atoms with E-state index in [0.717, 1.165) is 4.90 Å². The molecule has 0 atom stereocenters. The number of carbonyl (C=O) groups is 2. The van der Waals surface area contributed by atoms with Gasteiger partial charge in [0.05, 0.1) is 18.5 Å². The summed E-state index contributed by atoms with van der Waals surface area (Å²) in [5.41, 5.74) is 0.648. The number of anilines is 2. The maximum Gasteiger partial charge on any atom is 0.246 e. The van der Waals surface area contributed by atoms with Gasteiger partial charge in [-0.1, -0.05) is 12.1 Å². The summed E-state index contributed by atoms with van der Waals surface area (Å²) in [6.45, 7) is 0.966. The average Bonchev–Trinajstić information content (AvgIpc) is 2.79. The van der Waals surface area contributed by atoms with Gasteiger partial charge in [-0.3, -0.25) is 14.5 Å². The summed E-state index contributed by atoms with van der Waals surface area (Å²) in [5.74, 6) is -0.933. The topological polar surface area (TPSA) is 87.2 Å². The quantitative estimate of drug-likeness (QED) is 0.636. The van der Waals surface area contributed by atoms with Crippen molar-refractivity contribution in [3.8, 4) is 5.75 Å². The highest BCUT2D eigenvalue weighted by molar-refractivity contribution is 7.89. The largest absolute Gasteiger partial charge is 0.495 e. The van der Waals surface area contributed by atoms with Gasteiger partial charge in [-0.2, -0.15) is 4.31 Å². The summed E-state index contributed by atoms with van der Waals surface area (Å²) >= 11 is 0. The van der Waals surface area contributed by atoms with Crippen molar-refractivity contribution in [3.63, 3.8) is 0 Å². The van der Waals surface area contributed by atoms with Gasteiger partial charge in [-0.15, -0.1) is 0 Å². The van der Waals surface area contributed by atoms with E-state index < -0.39 is 10.0 Å². The normalized spacial score (nSPS) is 18.2. The fourth-order valence-corrected chi connectivity index (χ4v) is 5.66. The Morgan fingerprint density at radius 2 is 1.59 bits per heavy atom. The van der Waals surface area contributed by atoms with E-state index in [1.807, 2.05) is 0 Å². The lowest BCUT2D eigenvalue weighted by atomic mass is 10.1. The highest BCUT2D eigenvalue weighted by Gasteiger charge is 2.34. The van der Waals surface area contributed by atoms with Crippen LogP contribution in [0.2, 0.25) is 0 Å². The first-order chi connectivity index (χ1) is 15.3. The van der Waals surface area contributed by atoms with Crippen LogP contribution in [0.4, 0.5) is 15.8 Å². The van der Waals surface area contributed by atoms with E-state index in [1.165, 1.54) is 35.7 Å². The molecule has 2 aromatic carbocycles. The third-order valence-electron chi connectivity index (χ3n) is 5.74. The number of imide groups is 1. The maximum atomic E-state index is 14.1. The van der Waals surface area contributed by atoms with Gasteiger partial charge in [-0.05, 0) is 36.8 Å². The van der Waals surface area contributed by atoms with E-state index in [1.54, 1.807) is 23.1 Å². The van der Waals surface area contributed by atoms with Gasteiger partial charge in [0.1, 0.15) is 16.5 Å². The summed E-state index contributed by atoms with van der Waals surface area (Å²) in [5, 5.41) is 0. The number of benzene rings is 2. The number of sulfonamides is 1. The van der Waals surface area contributed by atoms with Crippen molar-refractivity contribution in [2.24, 2.45) is 0 Å². The van der Waals surface area contributed by atoms with Crippen molar-refractivity contribution >= 4 is 33.2 Å². The molecule has 10 heteroatoms. The molecule has 2 fully saturated rings. The molecular formula is C22H24FN3O5S. The first-order valence-corrected chi connectivity index (χ1v) is 11.8. The first-order valence-electron chi connectivity index (χ1n) is 10.4. The van der Waals surface area contributed by atoms with Crippen LogP contribution in [0.25, 0.3) is 0 Å². The van der Waals surface area contributed by atoms with Crippen LogP contribution < -0.4 is 14.5 Å². The van der Waals surface area contributed by atoms with Gasteiger partial charge >= 0.3 is 0 Å². The zero-order valence-electron chi connectivity index (χ0n) is 17.7. The van der Waals surface area contributed by atoms with E-state index in [9.17, 15) is 22.4 Å². The highest BCUT2D eigenvalue weighted by Crippen LogP contribution is 2.33. The Bertz CT molecular complexity index is 1130. The summed E-state index contributed by atoms with van der Waals surface area (Å²) in [4.78, 5) is 27.3. The number of halogens is 1. The predicted molar refractivity (Wildman–Crippen MR) is 117 cm³/mol. The number of piperazine rings is 1. The van der Waals surface area contributed by atoms with Gasteiger partial charge in [0, 0.05) is 39.0 Å². The Balaban J connectivity index is 1.60. The summed E-state index contributed by atoms with van der Waals surface area (Å²) in [6, 6.07) is 10.7. The molecule has 2 heterocycles. The second-order valence-electron chi connectivity index (χ2n) is 7.65. The summed E-state index contributed by atoms with van der Waals surface area (Å²) in [7, 11) is -2.62. The zero-order valence-corrected chi connectivity index (χ0v) is 18.5. The second-order valence-corrected chi connectivity index (χ2v) is 9.56. The van der Waals surface area contributed by atoms with Gasteiger partial charge in [0.15, 0.2) is 0 Å². The minimum Gasteiger partial charge on any atom is -0.495 e. The SMILES string of the molecule is COc1ccc(N2C(=O)CCCC2=O)cc1S(=O)(=O)N1CCN(c2ccccc2F)CC1. The molecule has 4 rings (SSSR count). The van der Waals surface area contributed by atoms with E-state index in [0.29, 0.717) is 25.2 Å². The number of para-hydroxylation sites is 1. The average molecular weight is 462 g/mol. The molecule has 2 amide bonds. The number of ether oxygens (including phenoxy) is 1. The van der Waals surface area contributed by atoms with Crippen LogP contribution in [-0.4, -0.2) is 57.8 Å². The molecule has 0 saturated carbocycles. The molecule has 2 aromatic rings. The number of nitrogens with zero attached hydrogens (tertiary/aromatic N) is 3. The van der Waals surface area contributed by atoms with E-state index in [-0.39, 0.29) is 59.9 Å². The molecular weight excluding hydrogens is 437 g/mol. The number of carbonyl (C=O) groups excluding carboxylic acids is 2. The van der Waals surface area contributed by atoms with Crippen molar-refractivity contribution in [1.82, 2.24) is 4.31 Å². The van der Waals surface area contributed by atoms with E-state index in [2.05, 4.69) is 0 Å². The van der Waals surface area contributed by atoms with Gasteiger partial charge in [0.2, 0.25) is 21.8 Å². The number of hydrogen-bond acceptors (Lipinski definition) is 6. The van der Waals surface area contributed by atoms with Gasteiger partial charge in [0.25, 0.3) is 0 Å². The van der Waals surface area contributed by atoms with Crippen LogP contribution in [0.1, 0.15) is 19.3 Å². The smallest absolute Gasteiger partial charge is 0.246 e. The Morgan fingerprint density at radius 3 is 2.22 bits per heavy atom. The first kappa shape index (κ1) is 22.2. The molecule has 2 aliphatic heterocycles. The number of amides is 2. The number of methoxy groups -OCH3 is 1. The molecule has 0 unspecified atom stereocenters. The van der Waals surface area contributed by atoms with Crippen LogP contribution in [0.3, 0.4) is 0 Å². The molecule has 170 valence electrons. The zero-order chi connectivity index (χ0) is 22.9. The molecule has 0 N–H and O–H groups in total. The van der Waals surface area contributed by atoms with Crippen molar-refractivity contribution in [2.75, 3.05) is 43.1 Å². The van der Waals surface area contributed by atoms with Gasteiger partial charge in [-0.25, -0.2) is 12.8 Å². The van der Waals surface area contributed by atoms with Crippen molar-refractivity contribution in [3.05, 3.63) is 48.3 Å². The lowest BCUT2D eigenvalue weighted by Gasteiger charge is -2.35. The molecule has 32 heavy (non-hydrogen) atoms. The molecule has 8 nitrogen and oxygen atoms in total. The molecule has 0 bridgehead atoms. The van der Waals surface area contributed by atoms with E-state index in [4.69, 9.17) is 4.74 Å². The van der Waals surface area contributed by atoms with Crippen LogP contribution in [0.5, 0.6) is 5.75 Å². The van der Waals surface area contributed by atoms with Crippen LogP contribution in [0.15, 0.2) is 47.4 Å². The summed E-state index contributed by atoms with van der Waals surface area (Å²) in [6.07, 6.45) is 0.956. The minimum atomic E-state index is -3.98. The number of rotatable bonds is 5. The molecule has 2 aliphatic rings. The fraction of sp³-hybridized carbons (Fsp3) is 0.364. The van der Waals surface area contributed by atoms with Crippen LogP contribution in [-0.2, 0) is 19.6 Å². The lowest BCUT2D eigenvalue weighted by Crippen LogP contribution is -2.49. The lowest BCUT2D eigenvalue weighted by molar-refractivity contribution is -0.129. The van der Waals surface area contributed by atoms with Gasteiger partial charge < -0.3 is 9.64 Å². The Hall–Kier alpha value is -2.98. The predicted octanol–water partition coefficient (Wildman–Crippen LogP) is 2.39.